The van der Waals surface area contributed by atoms with E-state index >= 15 is 0 Å². The molecule has 2 aromatic rings. The predicted molar refractivity (Wildman–Crippen MR) is 89.5 cm³/mol. The Morgan fingerprint density at radius 3 is 2.58 bits per heavy atom. The largest absolute Gasteiger partial charge is 0.497 e. The van der Waals surface area contributed by atoms with Crippen molar-refractivity contribution in [3.05, 3.63) is 41.8 Å². The van der Waals surface area contributed by atoms with Crippen LogP contribution in [0.3, 0.4) is 0 Å². The van der Waals surface area contributed by atoms with Gasteiger partial charge in [-0.3, -0.25) is 0 Å². The van der Waals surface area contributed by atoms with Crippen LogP contribution >= 0.6 is 0 Å². The van der Waals surface area contributed by atoms with Crippen LogP contribution in [-0.4, -0.2) is 31.5 Å². The summed E-state index contributed by atoms with van der Waals surface area (Å²) in [5, 5.41) is 4.06. The Bertz CT molecular complexity index is 796. The standard InChI is InChI=1S/C17H22N2O4S/c1-12(2)15-11-17(23-18-15)16-5-4-10-19(16)24(20,21)14-8-6-13(22-3)7-9-14/h6-9,11-12,16H,4-5,10H2,1-3H3/t16-/m0/s1. The molecular formula is C17H22N2O4S. The number of benzene rings is 1. The van der Waals surface area contributed by atoms with Crippen molar-refractivity contribution in [3.8, 4) is 5.75 Å². The molecule has 0 bridgehead atoms. The second kappa shape index (κ2) is 6.57. The molecule has 1 saturated heterocycles. The minimum atomic E-state index is -3.58. The van der Waals surface area contributed by atoms with Gasteiger partial charge in [0.25, 0.3) is 0 Å². The lowest BCUT2D eigenvalue weighted by Crippen LogP contribution is -2.30. The Balaban J connectivity index is 1.90. The fourth-order valence-electron chi connectivity index (χ4n) is 2.93. The van der Waals surface area contributed by atoms with E-state index in [0.29, 0.717) is 18.1 Å². The fraction of sp³-hybridized carbons (Fsp3) is 0.471. The van der Waals surface area contributed by atoms with Crippen LogP contribution in [-0.2, 0) is 10.0 Å². The molecule has 1 aromatic heterocycles. The van der Waals surface area contributed by atoms with Crippen LogP contribution in [0, 0.1) is 0 Å². The van der Waals surface area contributed by atoms with Gasteiger partial charge in [0.1, 0.15) is 5.75 Å². The summed E-state index contributed by atoms with van der Waals surface area (Å²) in [5.41, 5.74) is 0.846. The van der Waals surface area contributed by atoms with Crippen molar-refractivity contribution in [2.75, 3.05) is 13.7 Å². The topological polar surface area (TPSA) is 72.6 Å². The first-order chi connectivity index (χ1) is 11.4. The van der Waals surface area contributed by atoms with Crippen LogP contribution in [0.15, 0.2) is 39.8 Å². The van der Waals surface area contributed by atoms with Crippen LogP contribution in [0.5, 0.6) is 5.75 Å². The van der Waals surface area contributed by atoms with Crippen molar-refractivity contribution in [1.82, 2.24) is 9.46 Å². The minimum absolute atomic E-state index is 0.246. The lowest BCUT2D eigenvalue weighted by atomic mass is 10.1. The molecule has 2 heterocycles. The Morgan fingerprint density at radius 1 is 1.29 bits per heavy atom. The van der Waals surface area contributed by atoms with E-state index in [-0.39, 0.29) is 16.9 Å². The maximum absolute atomic E-state index is 13.0. The Labute approximate surface area is 142 Å². The summed E-state index contributed by atoms with van der Waals surface area (Å²) >= 11 is 0. The Hall–Kier alpha value is -1.86. The molecule has 1 atom stereocenters. The van der Waals surface area contributed by atoms with Gasteiger partial charge < -0.3 is 9.26 Å². The van der Waals surface area contributed by atoms with E-state index in [9.17, 15) is 8.42 Å². The first-order valence-electron chi connectivity index (χ1n) is 8.06. The van der Waals surface area contributed by atoms with E-state index in [1.807, 2.05) is 19.9 Å². The zero-order valence-electron chi connectivity index (χ0n) is 14.1. The highest BCUT2D eigenvalue weighted by Gasteiger charge is 2.38. The molecular weight excluding hydrogens is 328 g/mol. The normalized spacial score (nSPS) is 19.1. The number of ether oxygens (including phenoxy) is 1. The fourth-order valence-corrected chi connectivity index (χ4v) is 4.59. The molecule has 0 unspecified atom stereocenters. The van der Waals surface area contributed by atoms with Crippen molar-refractivity contribution >= 4 is 10.0 Å². The third-order valence-corrected chi connectivity index (χ3v) is 6.26. The van der Waals surface area contributed by atoms with E-state index in [4.69, 9.17) is 9.26 Å². The van der Waals surface area contributed by atoms with Crippen LogP contribution in [0.2, 0.25) is 0 Å². The van der Waals surface area contributed by atoms with Gasteiger partial charge in [0.05, 0.1) is 23.7 Å². The van der Waals surface area contributed by atoms with Crippen molar-refractivity contribution in [1.29, 1.82) is 0 Å². The summed E-state index contributed by atoms with van der Waals surface area (Å²) in [6, 6.07) is 8.04. The molecule has 1 aliphatic rings. The molecule has 24 heavy (non-hydrogen) atoms. The number of rotatable bonds is 5. The zero-order chi connectivity index (χ0) is 17.3. The molecule has 1 aromatic carbocycles. The highest BCUT2D eigenvalue weighted by atomic mass is 32.2. The van der Waals surface area contributed by atoms with Crippen molar-refractivity contribution < 1.29 is 17.7 Å². The molecule has 0 saturated carbocycles. The number of sulfonamides is 1. The van der Waals surface area contributed by atoms with Gasteiger partial charge in [-0.05, 0) is 43.0 Å². The second-order valence-electron chi connectivity index (χ2n) is 6.26. The van der Waals surface area contributed by atoms with Crippen LogP contribution in [0.1, 0.15) is 50.1 Å². The maximum atomic E-state index is 13.0. The second-order valence-corrected chi connectivity index (χ2v) is 8.15. The summed E-state index contributed by atoms with van der Waals surface area (Å²) in [4.78, 5) is 0.263. The summed E-state index contributed by atoms with van der Waals surface area (Å²) in [7, 11) is -2.03. The third kappa shape index (κ3) is 3.06. The summed E-state index contributed by atoms with van der Waals surface area (Å²) in [5.74, 6) is 1.49. The van der Waals surface area contributed by atoms with Crippen molar-refractivity contribution in [2.24, 2.45) is 0 Å². The third-order valence-electron chi connectivity index (χ3n) is 4.34. The molecule has 0 spiro atoms. The van der Waals surface area contributed by atoms with E-state index in [2.05, 4.69) is 5.16 Å². The monoisotopic (exact) mass is 350 g/mol. The van der Waals surface area contributed by atoms with Crippen molar-refractivity contribution in [2.45, 2.75) is 43.5 Å². The first kappa shape index (κ1) is 17.0. The summed E-state index contributed by atoms with van der Waals surface area (Å²) in [6.07, 6.45) is 1.54. The van der Waals surface area contributed by atoms with Gasteiger partial charge in [0.2, 0.25) is 10.0 Å². The van der Waals surface area contributed by atoms with Gasteiger partial charge in [-0.2, -0.15) is 4.31 Å². The lowest BCUT2D eigenvalue weighted by Gasteiger charge is -2.22. The molecule has 7 heteroatoms. The molecule has 0 amide bonds. The summed E-state index contributed by atoms with van der Waals surface area (Å²) < 4.78 is 38.0. The molecule has 0 N–H and O–H groups in total. The number of methoxy groups -OCH3 is 1. The molecule has 3 rings (SSSR count). The van der Waals surface area contributed by atoms with E-state index in [1.54, 1.807) is 31.4 Å². The molecule has 6 nitrogen and oxygen atoms in total. The highest BCUT2D eigenvalue weighted by Crippen LogP contribution is 2.37. The average molecular weight is 350 g/mol. The average Bonchev–Trinajstić information content (AvgIpc) is 3.23. The highest BCUT2D eigenvalue weighted by molar-refractivity contribution is 7.89. The smallest absolute Gasteiger partial charge is 0.243 e. The number of hydrogen-bond acceptors (Lipinski definition) is 5. The summed E-state index contributed by atoms with van der Waals surface area (Å²) in [6.45, 7) is 4.54. The minimum Gasteiger partial charge on any atom is -0.497 e. The van der Waals surface area contributed by atoms with Crippen LogP contribution in [0.25, 0.3) is 0 Å². The lowest BCUT2D eigenvalue weighted by molar-refractivity contribution is 0.295. The van der Waals surface area contributed by atoms with Crippen LogP contribution in [0.4, 0.5) is 0 Å². The number of nitrogens with zero attached hydrogens (tertiary/aromatic N) is 2. The van der Waals surface area contributed by atoms with Gasteiger partial charge in [0.15, 0.2) is 5.76 Å². The van der Waals surface area contributed by atoms with E-state index in [0.717, 1.165) is 18.5 Å². The Morgan fingerprint density at radius 2 is 2.00 bits per heavy atom. The Kier molecular flexibility index (Phi) is 4.64. The van der Waals surface area contributed by atoms with E-state index in [1.165, 1.54) is 4.31 Å². The van der Waals surface area contributed by atoms with Gasteiger partial charge in [-0.15, -0.1) is 0 Å². The molecule has 1 fully saturated rings. The van der Waals surface area contributed by atoms with Gasteiger partial charge in [-0.1, -0.05) is 19.0 Å². The van der Waals surface area contributed by atoms with Gasteiger partial charge >= 0.3 is 0 Å². The predicted octanol–water partition coefficient (Wildman–Crippen LogP) is 3.33. The molecule has 0 radical (unpaired) electrons. The van der Waals surface area contributed by atoms with Crippen molar-refractivity contribution in [3.63, 3.8) is 0 Å². The van der Waals surface area contributed by atoms with Crippen LogP contribution < -0.4 is 4.74 Å². The molecule has 0 aliphatic carbocycles. The number of hydrogen-bond donors (Lipinski definition) is 0. The van der Waals surface area contributed by atoms with Gasteiger partial charge in [0, 0.05) is 12.6 Å². The maximum Gasteiger partial charge on any atom is 0.243 e. The molecule has 130 valence electrons. The number of aromatic nitrogens is 1. The SMILES string of the molecule is COc1ccc(S(=O)(=O)N2CCC[C@H]2c2cc(C(C)C)no2)cc1. The quantitative estimate of drug-likeness (QED) is 0.827. The van der Waals surface area contributed by atoms with E-state index < -0.39 is 10.0 Å². The molecule has 1 aliphatic heterocycles. The van der Waals surface area contributed by atoms with Gasteiger partial charge in [-0.25, -0.2) is 8.42 Å². The first-order valence-corrected chi connectivity index (χ1v) is 9.50. The zero-order valence-corrected chi connectivity index (χ0v) is 14.9.